The molecule has 2 radical (unpaired) electrons. The highest BCUT2D eigenvalue weighted by Crippen LogP contribution is 2.49. The van der Waals surface area contributed by atoms with Crippen molar-refractivity contribution in [1.29, 1.82) is 0 Å². The van der Waals surface area contributed by atoms with Gasteiger partial charge in [-0.05, 0) is 30.5 Å². The number of carbonyl (C=O) groups is 1. The maximum Gasteiger partial charge on any atom is 0.229 e. The standard InChI is InChI=1S/C12H15BN2O4S/c1-19-10-7-8(12(5-6-12)11(16)14-13)3-4-9(10)15-20(2,17)18/h3-4,7,15H,5-6H2,1-2H3,(H,14,16). The SMILES string of the molecule is [B]NC(=O)C1(c2ccc(NS(C)(=O)=O)c(OC)c2)CC1. The van der Waals surface area contributed by atoms with Crippen molar-refractivity contribution in [2.24, 2.45) is 0 Å². The molecule has 0 heterocycles. The molecule has 1 fully saturated rings. The third-order valence-corrected chi connectivity index (χ3v) is 3.96. The summed E-state index contributed by atoms with van der Waals surface area (Å²) in [6, 6.07) is 4.95. The highest BCUT2D eigenvalue weighted by atomic mass is 32.2. The lowest BCUT2D eigenvalue weighted by atomic mass is 9.93. The molecule has 106 valence electrons. The third kappa shape index (κ3) is 2.74. The van der Waals surface area contributed by atoms with E-state index in [-0.39, 0.29) is 5.91 Å². The van der Waals surface area contributed by atoms with Gasteiger partial charge in [0.25, 0.3) is 0 Å². The van der Waals surface area contributed by atoms with Crippen molar-refractivity contribution < 1.29 is 17.9 Å². The summed E-state index contributed by atoms with van der Waals surface area (Å²) in [5.41, 5.74) is 0.477. The fraction of sp³-hybridized carbons (Fsp3) is 0.417. The quantitative estimate of drug-likeness (QED) is 0.765. The van der Waals surface area contributed by atoms with Crippen LogP contribution < -0.4 is 14.7 Å². The molecule has 0 atom stereocenters. The highest BCUT2D eigenvalue weighted by Gasteiger charge is 2.50. The van der Waals surface area contributed by atoms with E-state index in [1.807, 2.05) is 0 Å². The van der Waals surface area contributed by atoms with Gasteiger partial charge in [-0.1, -0.05) is 6.07 Å². The van der Waals surface area contributed by atoms with E-state index in [0.717, 1.165) is 11.8 Å². The van der Waals surface area contributed by atoms with E-state index in [9.17, 15) is 13.2 Å². The average Bonchev–Trinajstić information content (AvgIpc) is 3.18. The normalized spacial score (nSPS) is 16.3. The smallest absolute Gasteiger partial charge is 0.229 e. The summed E-state index contributed by atoms with van der Waals surface area (Å²) in [5.74, 6) is 0.118. The second kappa shape index (κ2) is 5.01. The summed E-state index contributed by atoms with van der Waals surface area (Å²) < 4.78 is 30.1. The van der Waals surface area contributed by atoms with E-state index in [1.165, 1.54) is 7.11 Å². The van der Waals surface area contributed by atoms with Crippen molar-refractivity contribution in [3.63, 3.8) is 0 Å². The summed E-state index contributed by atoms with van der Waals surface area (Å²) in [6.07, 6.45) is 2.47. The molecule has 0 aliphatic heterocycles. The van der Waals surface area contributed by atoms with E-state index in [2.05, 4.69) is 9.95 Å². The number of nitrogens with one attached hydrogen (secondary N) is 2. The number of methoxy groups -OCH3 is 1. The van der Waals surface area contributed by atoms with Crippen LogP contribution in [0.15, 0.2) is 18.2 Å². The summed E-state index contributed by atoms with van der Waals surface area (Å²) in [5, 5.41) is 2.17. The van der Waals surface area contributed by atoms with E-state index in [4.69, 9.17) is 12.7 Å². The van der Waals surface area contributed by atoms with Crippen molar-refractivity contribution in [1.82, 2.24) is 5.23 Å². The molecule has 1 aromatic carbocycles. The molecule has 0 unspecified atom stereocenters. The zero-order valence-electron chi connectivity index (χ0n) is 11.3. The van der Waals surface area contributed by atoms with Crippen molar-refractivity contribution in [2.75, 3.05) is 18.1 Å². The molecule has 1 aliphatic carbocycles. The van der Waals surface area contributed by atoms with Crippen LogP contribution in [0.1, 0.15) is 18.4 Å². The molecular weight excluding hydrogens is 279 g/mol. The third-order valence-electron chi connectivity index (χ3n) is 3.37. The van der Waals surface area contributed by atoms with Crippen LogP contribution in [-0.2, 0) is 20.2 Å². The van der Waals surface area contributed by atoms with E-state index in [0.29, 0.717) is 24.3 Å². The van der Waals surface area contributed by atoms with Crippen LogP contribution in [0.25, 0.3) is 0 Å². The van der Waals surface area contributed by atoms with E-state index in [1.54, 1.807) is 18.2 Å². The number of ether oxygens (including phenoxy) is 1. The number of anilines is 1. The van der Waals surface area contributed by atoms with Gasteiger partial charge < -0.3 is 9.96 Å². The number of hydrogen-bond acceptors (Lipinski definition) is 4. The molecular formula is C12H15BN2O4S. The predicted octanol–water partition coefficient (Wildman–Crippen LogP) is 0.298. The largest absolute Gasteiger partial charge is 0.495 e. The van der Waals surface area contributed by atoms with Crippen molar-refractivity contribution >= 4 is 29.6 Å². The Morgan fingerprint density at radius 1 is 1.40 bits per heavy atom. The summed E-state index contributed by atoms with van der Waals surface area (Å²) >= 11 is 0. The van der Waals surface area contributed by atoms with Gasteiger partial charge in [0.2, 0.25) is 23.9 Å². The minimum Gasteiger partial charge on any atom is -0.495 e. The molecule has 1 amide bonds. The van der Waals surface area contributed by atoms with Crippen LogP contribution >= 0.6 is 0 Å². The number of hydrogen-bond donors (Lipinski definition) is 2. The van der Waals surface area contributed by atoms with Crippen molar-refractivity contribution in [3.8, 4) is 5.75 Å². The van der Waals surface area contributed by atoms with Crippen molar-refractivity contribution in [2.45, 2.75) is 18.3 Å². The zero-order valence-corrected chi connectivity index (χ0v) is 12.1. The summed E-state index contributed by atoms with van der Waals surface area (Å²) in [6.45, 7) is 0. The molecule has 2 rings (SSSR count). The number of carbonyl (C=O) groups excluding carboxylic acids is 1. The molecule has 1 saturated carbocycles. The Hall–Kier alpha value is -1.70. The molecule has 20 heavy (non-hydrogen) atoms. The maximum atomic E-state index is 11.8. The maximum absolute atomic E-state index is 11.8. The monoisotopic (exact) mass is 294 g/mol. The van der Waals surface area contributed by atoms with Gasteiger partial charge in [0.05, 0.1) is 24.5 Å². The Bertz CT molecular complexity index is 641. The Morgan fingerprint density at radius 2 is 2.05 bits per heavy atom. The number of amides is 1. The van der Waals surface area contributed by atoms with Crippen LogP contribution in [0.4, 0.5) is 5.69 Å². The molecule has 1 aromatic rings. The zero-order chi connectivity index (χ0) is 15.0. The van der Waals surface area contributed by atoms with Gasteiger partial charge in [-0.15, -0.1) is 0 Å². The second-order valence-electron chi connectivity index (χ2n) is 4.84. The van der Waals surface area contributed by atoms with Crippen LogP contribution in [0.2, 0.25) is 0 Å². The van der Waals surface area contributed by atoms with Gasteiger partial charge in [-0.25, -0.2) is 8.42 Å². The lowest BCUT2D eigenvalue weighted by molar-refractivity contribution is -0.121. The number of benzene rings is 1. The Labute approximate surface area is 119 Å². The minimum absolute atomic E-state index is 0.247. The van der Waals surface area contributed by atoms with E-state index < -0.39 is 15.4 Å². The number of sulfonamides is 1. The molecule has 1 aliphatic rings. The molecule has 6 nitrogen and oxygen atoms in total. The highest BCUT2D eigenvalue weighted by molar-refractivity contribution is 7.92. The van der Waals surface area contributed by atoms with Gasteiger partial charge in [0.15, 0.2) is 0 Å². The van der Waals surface area contributed by atoms with Crippen LogP contribution in [-0.4, -0.2) is 35.7 Å². The minimum atomic E-state index is -3.39. The van der Waals surface area contributed by atoms with Gasteiger partial charge in [0, 0.05) is 0 Å². The van der Waals surface area contributed by atoms with E-state index >= 15 is 0 Å². The second-order valence-corrected chi connectivity index (χ2v) is 6.59. The summed E-state index contributed by atoms with van der Waals surface area (Å²) in [4.78, 5) is 11.8. The fourth-order valence-electron chi connectivity index (χ4n) is 2.18. The lowest BCUT2D eigenvalue weighted by Crippen LogP contribution is -2.32. The topological polar surface area (TPSA) is 84.5 Å². The Kier molecular flexibility index (Phi) is 3.68. The average molecular weight is 294 g/mol. The lowest BCUT2D eigenvalue weighted by Gasteiger charge is -2.17. The van der Waals surface area contributed by atoms with Gasteiger partial charge in [0.1, 0.15) is 5.75 Å². The molecule has 2 N–H and O–H groups in total. The molecule has 0 bridgehead atoms. The Morgan fingerprint density at radius 3 is 2.50 bits per heavy atom. The first kappa shape index (κ1) is 14.7. The first-order valence-electron chi connectivity index (χ1n) is 6.00. The van der Waals surface area contributed by atoms with Gasteiger partial charge >= 0.3 is 0 Å². The molecule has 8 heteroatoms. The van der Waals surface area contributed by atoms with Gasteiger partial charge in [-0.3, -0.25) is 9.52 Å². The Balaban J connectivity index is 2.38. The molecule has 0 saturated heterocycles. The van der Waals surface area contributed by atoms with Crippen LogP contribution in [0.3, 0.4) is 0 Å². The molecule has 0 spiro atoms. The number of rotatable bonds is 5. The molecule has 0 aromatic heterocycles. The first-order chi connectivity index (χ1) is 9.32. The van der Waals surface area contributed by atoms with Crippen LogP contribution in [0, 0.1) is 0 Å². The van der Waals surface area contributed by atoms with Gasteiger partial charge in [-0.2, -0.15) is 0 Å². The predicted molar refractivity (Wildman–Crippen MR) is 76.3 cm³/mol. The summed E-state index contributed by atoms with van der Waals surface area (Å²) in [7, 11) is 3.24. The van der Waals surface area contributed by atoms with Crippen molar-refractivity contribution in [3.05, 3.63) is 23.8 Å². The fourth-order valence-corrected chi connectivity index (χ4v) is 2.75. The first-order valence-corrected chi connectivity index (χ1v) is 7.89. The van der Waals surface area contributed by atoms with Crippen LogP contribution in [0.5, 0.6) is 5.75 Å².